The van der Waals surface area contributed by atoms with Crippen LogP contribution < -0.4 is 5.01 Å². The summed E-state index contributed by atoms with van der Waals surface area (Å²) in [5, 5.41) is 12.3. The summed E-state index contributed by atoms with van der Waals surface area (Å²) in [7, 11) is -3.22. The second-order valence-electron chi connectivity index (χ2n) is 5.05. The van der Waals surface area contributed by atoms with Gasteiger partial charge in [0.25, 0.3) is 0 Å². The number of sulfonamides is 1. The minimum Gasteiger partial charge on any atom is -0.464 e. The number of piperazine rings is 1. The minimum absolute atomic E-state index is 0.286. The molecule has 116 valence electrons. The molecule has 0 atom stereocenters. The van der Waals surface area contributed by atoms with Crippen LogP contribution >= 0.6 is 0 Å². The molecule has 7 nitrogen and oxygen atoms in total. The number of hydrogen-bond donors (Lipinski definition) is 1. The van der Waals surface area contributed by atoms with E-state index < -0.39 is 16.1 Å². The van der Waals surface area contributed by atoms with E-state index in [9.17, 15) is 18.3 Å². The molecule has 1 aliphatic heterocycles. The summed E-state index contributed by atoms with van der Waals surface area (Å²) in [5.74, 6) is 0. The van der Waals surface area contributed by atoms with Crippen LogP contribution in [0.5, 0.6) is 0 Å². The van der Waals surface area contributed by atoms with Crippen LogP contribution in [0.3, 0.4) is 0 Å². The van der Waals surface area contributed by atoms with E-state index in [1.165, 1.54) is 9.31 Å². The fourth-order valence-corrected chi connectivity index (χ4v) is 3.12. The van der Waals surface area contributed by atoms with E-state index in [4.69, 9.17) is 0 Å². The molecule has 1 aromatic rings. The Labute approximate surface area is 124 Å². The summed E-state index contributed by atoms with van der Waals surface area (Å²) in [6.45, 7) is 3.18. The number of nitrogens with zero attached hydrogens (tertiary/aromatic N) is 3. The predicted molar refractivity (Wildman–Crippen MR) is 79.7 cm³/mol. The third-order valence-electron chi connectivity index (χ3n) is 3.43. The molecule has 0 aromatic heterocycles. The van der Waals surface area contributed by atoms with Gasteiger partial charge in [-0.15, -0.1) is 0 Å². The van der Waals surface area contributed by atoms with E-state index in [1.54, 1.807) is 17.1 Å². The minimum atomic E-state index is -3.22. The maximum Gasteiger partial charge on any atom is 0.426 e. The molecule has 0 saturated carbocycles. The van der Waals surface area contributed by atoms with Crippen molar-refractivity contribution < 1.29 is 18.3 Å². The summed E-state index contributed by atoms with van der Waals surface area (Å²) < 4.78 is 24.3. The normalized spacial score (nSPS) is 17.6. The van der Waals surface area contributed by atoms with Crippen molar-refractivity contribution in [2.75, 3.05) is 37.4 Å². The number of aryl methyl sites for hydroxylation is 1. The smallest absolute Gasteiger partial charge is 0.426 e. The first-order chi connectivity index (χ1) is 9.79. The Morgan fingerprint density at radius 1 is 1.14 bits per heavy atom. The van der Waals surface area contributed by atoms with Crippen molar-refractivity contribution in [2.24, 2.45) is 0 Å². The Morgan fingerprint density at radius 2 is 1.67 bits per heavy atom. The Balaban J connectivity index is 2.14. The number of hydrazine groups is 1. The highest BCUT2D eigenvalue weighted by molar-refractivity contribution is 7.88. The Hall–Kier alpha value is -1.64. The molecule has 1 aromatic carbocycles. The van der Waals surface area contributed by atoms with Gasteiger partial charge in [-0.2, -0.15) is 4.31 Å². The lowest BCUT2D eigenvalue weighted by atomic mass is 10.2. The molecule has 0 aliphatic carbocycles. The maximum atomic E-state index is 11.5. The largest absolute Gasteiger partial charge is 0.464 e. The first-order valence-electron chi connectivity index (χ1n) is 6.59. The van der Waals surface area contributed by atoms with Crippen LogP contribution in [0.1, 0.15) is 5.56 Å². The van der Waals surface area contributed by atoms with E-state index in [0.29, 0.717) is 18.8 Å². The van der Waals surface area contributed by atoms with Crippen molar-refractivity contribution in [3.8, 4) is 0 Å². The molecule has 1 fully saturated rings. The number of amides is 1. The number of carbonyl (C=O) groups is 1. The van der Waals surface area contributed by atoms with Gasteiger partial charge < -0.3 is 5.11 Å². The van der Waals surface area contributed by atoms with Gasteiger partial charge in [-0.05, 0) is 19.1 Å². The van der Waals surface area contributed by atoms with Gasteiger partial charge in [0.15, 0.2) is 0 Å². The molecule has 1 heterocycles. The average Bonchev–Trinajstić information content (AvgIpc) is 2.40. The molecule has 21 heavy (non-hydrogen) atoms. The molecule has 1 saturated heterocycles. The van der Waals surface area contributed by atoms with Crippen molar-refractivity contribution in [1.29, 1.82) is 0 Å². The van der Waals surface area contributed by atoms with Crippen molar-refractivity contribution in [1.82, 2.24) is 9.31 Å². The van der Waals surface area contributed by atoms with E-state index >= 15 is 0 Å². The molecule has 0 bridgehead atoms. The lowest BCUT2D eigenvalue weighted by Gasteiger charge is -2.38. The fourth-order valence-electron chi connectivity index (χ4n) is 2.29. The van der Waals surface area contributed by atoms with E-state index in [2.05, 4.69) is 0 Å². The van der Waals surface area contributed by atoms with E-state index in [0.717, 1.165) is 11.8 Å². The van der Waals surface area contributed by atoms with Crippen LogP contribution in [0.25, 0.3) is 0 Å². The Kier molecular flexibility index (Phi) is 4.50. The molecule has 1 amide bonds. The van der Waals surface area contributed by atoms with Crippen molar-refractivity contribution in [2.45, 2.75) is 6.92 Å². The molecule has 0 spiro atoms. The van der Waals surface area contributed by atoms with Crippen LogP contribution in [0.4, 0.5) is 10.5 Å². The van der Waals surface area contributed by atoms with Crippen LogP contribution in [0.15, 0.2) is 24.3 Å². The predicted octanol–water partition coefficient (Wildman–Crippen LogP) is 0.972. The molecule has 0 unspecified atom stereocenters. The summed E-state index contributed by atoms with van der Waals surface area (Å²) in [6, 6.07) is 7.18. The monoisotopic (exact) mass is 313 g/mol. The lowest BCUT2D eigenvalue weighted by molar-refractivity contribution is 0.144. The van der Waals surface area contributed by atoms with Crippen LogP contribution in [0, 0.1) is 6.92 Å². The summed E-state index contributed by atoms with van der Waals surface area (Å²) in [4.78, 5) is 11.5. The molecule has 2 rings (SSSR count). The molecule has 8 heteroatoms. The number of carboxylic acid groups (broad SMARTS) is 1. The third kappa shape index (κ3) is 3.72. The van der Waals surface area contributed by atoms with Gasteiger partial charge in [0.2, 0.25) is 10.0 Å². The summed E-state index contributed by atoms with van der Waals surface area (Å²) in [6.07, 6.45) is 0.0871. The first kappa shape index (κ1) is 15.7. The number of rotatable bonds is 3. The van der Waals surface area contributed by atoms with Crippen LogP contribution in [-0.2, 0) is 10.0 Å². The zero-order valence-corrected chi connectivity index (χ0v) is 12.9. The second kappa shape index (κ2) is 6.00. The maximum absolute atomic E-state index is 11.5. The van der Waals surface area contributed by atoms with Crippen molar-refractivity contribution in [3.63, 3.8) is 0 Å². The molecule has 1 aliphatic rings. The van der Waals surface area contributed by atoms with Crippen molar-refractivity contribution in [3.05, 3.63) is 29.8 Å². The van der Waals surface area contributed by atoms with Crippen molar-refractivity contribution >= 4 is 21.8 Å². The van der Waals surface area contributed by atoms with Crippen LogP contribution in [0.2, 0.25) is 0 Å². The first-order valence-corrected chi connectivity index (χ1v) is 8.43. The molecule has 0 radical (unpaired) electrons. The third-order valence-corrected chi connectivity index (χ3v) is 4.73. The highest BCUT2D eigenvalue weighted by Gasteiger charge is 2.29. The average molecular weight is 313 g/mol. The van der Waals surface area contributed by atoms with Gasteiger partial charge in [0.05, 0.1) is 11.9 Å². The number of benzene rings is 1. The zero-order chi connectivity index (χ0) is 15.6. The Bertz CT molecular complexity index is 607. The van der Waals surface area contributed by atoms with Gasteiger partial charge in [-0.25, -0.2) is 23.2 Å². The zero-order valence-electron chi connectivity index (χ0n) is 12.1. The standard InChI is InChI=1S/C13H19N3O4S/c1-11-3-5-12(6-4-11)16(13(17)18)14-7-9-15(10-8-14)21(2,19)20/h3-6H,7-10H2,1-2H3,(H,17,18). The molecule has 1 N–H and O–H groups in total. The van der Waals surface area contributed by atoms with E-state index in [1.807, 2.05) is 19.1 Å². The second-order valence-corrected chi connectivity index (χ2v) is 7.03. The topological polar surface area (TPSA) is 81.2 Å². The molecular formula is C13H19N3O4S. The van der Waals surface area contributed by atoms with Gasteiger partial charge in [-0.1, -0.05) is 17.7 Å². The van der Waals surface area contributed by atoms with Gasteiger partial charge in [0, 0.05) is 26.2 Å². The highest BCUT2D eigenvalue weighted by Crippen LogP contribution is 2.19. The number of anilines is 1. The van der Waals surface area contributed by atoms with Crippen LogP contribution in [-0.4, -0.2) is 61.4 Å². The van der Waals surface area contributed by atoms with Gasteiger partial charge >= 0.3 is 6.09 Å². The quantitative estimate of drug-likeness (QED) is 0.899. The molecular weight excluding hydrogens is 294 g/mol. The van der Waals surface area contributed by atoms with Gasteiger partial charge in [-0.3, -0.25) is 0 Å². The Morgan fingerprint density at radius 3 is 2.10 bits per heavy atom. The number of hydrogen-bond acceptors (Lipinski definition) is 4. The van der Waals surface area contributed by atoms with E-state index in [-0.39, 0.29) is 13.1 Å². The SMILES string of the molecule is Cc1ccc(N(C(=O)O)N2CCN(S(C)(=O)=O)CC2)cc1. The highest BCUT2D eigenvalue weighted by atomic mass is 32.2. The summed E-state index contributed by atoms with van der Waals surface area (Å²) >= 11 is 0. The lowest BCUT2D eigenvalue weighted by Crippen LogP contribution is -2.56. The summed E-state index contributed by atoms with van der Waals surface area (Å²) in [5.41, 5.74) is 1.60. The fraction of sp³-hybridized carbons (Fsp3) is 0.462. The van der Waals surface area contributed by atoms with Gasteiger partial charge in [0.1, 0.15) is 0 Å².